The molecule has 49 heavy (non-hydrogen) atoms. The van der Waals surface area contributed by atoms with Gasteiger partial charge in [0.1, 0.15) is 11.4 Å². The van der Waals surface area contributed by atoms with Gasteiger partial charge >= 0.3 is 5.97 Å². The molecule has 0 aliphatic carbocycles. The Morgan fingerprint density at radius 2 is 1.61 bits per heavy atom. The molecule has 9 heteroatoms. The Labute approximate surface area is 294 Å². The number of piperidine rings is 1. The first-order chi connectivity index (χ1) is 23.4. The van der Waals surface area contributed by atoms with Crippen molar-refractivity contribution in [2.45, 2.75) is 71.7 Å². The fraction of sp³-hybridized carbons (Fsp3) is 0.350. The number of nitrogens with one attached hydrogen (secondary N) is 2. The van der Waals surface area contributed by atoms with Crippen LogP contribution in [-0.4, -0.2) is 47.2 Å². The summed E-state index contributed by atoms with van der Waals surface area (Å²) in [6.07, 6.45) is 5.49. The van der Waals surface area contributed by atoms with E-state index in [4.69, 9.17) is 4.74 Å². The number of thioether (sulfide) groups is 1. The molecule has 1 aliphatic heterocycles. The Kier molecular flexibility index (Phi) is 11.8. The highest BCUT2D eigenvalue weighted by atomic mass is 32.2. The lowest BCUT2D eigenvalue weighted by molar-refractivity contribution is -0.154. The van der Waals surface area contributed by atoms with E-state index in [1.54, 1.807) is 30.1 Å². The summed E-state index contributed by atoms with van der Waals surface area (Å²) in [5.41, 5.74) is 7.16. The van der Waals surface area contributed by atoms with Gasteiger partial charge in [-0.25, -0.2) is 4.98 Å². The molecule has 0 atom stereocenters. The van der Waals surface area contributed by atoms with Crippen LogP contribution < -0.4 is 15.5 Å². The highest BCUT2D eigenvalue weighted by molar-refractivity contribution is 7.98. The van der Waals surface area contributed by atoms with Gasteiger partial charge in [-0.05, 0) is 119 Å². The van der Waals surface area contributed by atoms with Gasteiger partial charge in [-0.3, -0.25) is 14.4 Å². The molecule has 2 heterocycles. The second-order valence-electron chi connectivity index (χ2n) is 13.5. The third-order valence-electron chi connectivity index (χ3n) is 8.39. The average Bonchev–Trinajstić information content (AvgIpc) is 3.08. The maximum Gasteiger partial charge on any atom is 0.307 e. The zero-order valence-electron chi connectivity index (χ0n) is 29.1. The molecule has 256 valence electrons. The van der Waals surface area contributed by atoms with E-state index in [9.17, 15) is 14.4 Å². The number of rotatable bonds is 11. The average molecular weight is 679 g/mol. The first-order valence-corrected chi connectivity index (χ1v) is 18.0. The largest absolute Gasteiger partial charge is 0.460 e. The molecule has 2 N–H and O–H groups in total. The molecule has 5 rings (SSSR count). The van der Waals surface area contributed by atoms with E-state index in [0.29, 0.717) is 40.6 Å². The highest BCUT2D eigenvalue weighted by Crippen LogP contribution is 2.28. The lowest BCUT2D eigenvalue weighted by Gasteiger charge is -2.29. The van der Waals surface area contributed by atoms with Crippen molar-refractivity contribution < 1.29 is 19.1 Å². The third-order valence-corrected chi connectivity index (χ3v) is 9.42. The van der Waals surface area contributed by atoms with Gasteiger partial charge < -0.3 is 20.3 Å². The lowest BCUT2D eigenvalue weighted by Crippen LogP contribution is -2.29. The Balaban J connectivity index is 1.29. The number of esters is 1. The lowest BCUT2D eigenvalue weighted by atomic mass is 10.0. The SMILES string of the molecule is Cc1ccc(-c2ccc(NC(=O)c3cc(N4CCCCC4)ccc3NC(=O)c3cccc(CSCCC(=O)OC(C)(C)C)c3)nc2)cc1C. The van der Waals surface area contributed by atoms with Crippen molar-refractivity contribution in [2.75, 3.05) is 34.4 Å². The molecule has 0 spiro atoms. The van der Waals surface area contributed by atoms with Crippen molar-refractivity contribution in [1.29, 1.82) is 0 Å². The molecular weight excluding hydrogens is 633 g/mol. The van der Waals surface area contributed by atoms with Crippen molar-refractivity contribution in [3.05, 3.63) is 107 Å². The summed E-state index contributed by atoms with van der Waals surface area (Å²) in [5.74, 6) is 0.819. The van der Waals surface area contributed by atoms with Crippen molar-refractivity contribution >= 4 is 46.7 Å². The molecule has 1 aromatic heterocycles. The number of carbonyl (C=O) groups excluding carboxylic acids is 3. The summed E-state index contributed by atoms with van der Waals surface area (Å²) in [4.78, 5) is 46.2. The normalized spacial score (nSPS) is 13.1. The smallest absolute Gasteiger partial charge is 0.307 e. The molecule has 0 radical (unpaired) electrons. The minimum atomic E-state index is -0.498. The van der Waals surface area contributed by atoms with E-state index in [1.165, 1.54) is 17.5 Å². The summed E-state index contributed by atoms with van der Waals surface area (Å²) in [5, 5.41) is 5.93. The van der Waals surface area contributed by atoms with Crippen LogP contribution >= 0.6 is 11.8 Å². The van der Waals surface area contributed by atoms with Crippen LogP contribution in [0.1, 0.15) is 83.9 Å². The maximum absolute atomic E-state index is 13.8. The number of aryl methyl sites for hydroxylation is 2. The third kappa shape index (κ3) is 10.2. The summed E-state index contributed by atoms with van der Waals surface area (Å²) >= 11 is 1.61. The van der Waals surface area contributed by atoms with E-state index in [-0.39, 0.29) is 17.8 Å². The second kappa shape index (κ2) is 16.2. The van der Waals surface area contributed by atoms with Crippen LogP contribution in [0.15, 0.2) is 79.0 Å². The van der Waals surface area contributed by atoms with Crippen molar-refractivity contribution in [3.8, 4) is 11.1 Å². The monoisotopic (exact) mass is 678 g/mol. The number of hydrogen-bond donors (Lipinski definition) is 2. The van der Waals surface area contributed by atoms with E-state index in [0.717, 1.165) is 48.3 Å². The molecule has 2 amide bonds. The van der Waals surface area contributed by atoms with Crippen LogP contribution in [-0.2, 0) is 15.3 Å². The predicted octanol–water partition coefficient (Wildman–Crippen LogP) is 8.83. The summed E-state index contributed by atoms with van der Waals surface area (Å²) < 4.78 is 5.39. The number of ether oxygens (including phenoxy) is 1. The quantitative estimate of drug-likeness (QED) is 0.121. The van der Waals surface area contributed by atoms with E-state index in [1.807, 2.05) is 63.2 Å². The molecule has 1 saturated heterocycles. The van der Waals surface area contributed by atoms with Crippen LogP contribution in [0.4, 0.5) is 17.2 Å². The Morgan fingerprint density at radius 1 is 0.837 bits per heavy atom. The number of carbonyl (C=O) groups is 3. The Morgan fingerprint density at radius 3 is 2.33 bits per heavy atom. The van der Waals surface area contributed by atoms with Gasteiger partial charge in [-0.15, -0.1) is 0 Å². The topological polar surface area (TPSA) is 101 Å². The fourth-order valence-electron chi connectivity index (χ4n) is 5.66. The first-order valence-electron chi connectivity index (χ1n) is 16.9. The fourth-order valence-corrected chi connectivity index (χ4v) is 6.53. The minimum absolute atomic E-state index is 0.218. The van der Waals surface area contributed by atoms with E-state index in [2.05, 4.69) is 52.6 Å². The first kappa shape index (κ1) is 35.7. The van der Waals surface area contributed by atoms with Gasteiger partial charge in [0.2, 0.25) is 0 Å². The number of benzene rings is 3. The molecule has 1 fully saturated rings. The highest BCUT2D eigenvalue weighted by Gasteiger charge is 2.20. The van der Waals surface area contributed by atoms with Gasteiger partial charge in [0, 0.05) is 47.6 Å². The predicted molar refractivity (Wildman–Crippen MR) is 201 cm³/mol. The summed E-state index contributed by atoms with van der Waals surface area (Å²) in [7, 11) is 0. The number of anilines is 3. The standard InChI is InChI=1S/C40H46N4O4S/c1-27-12-13-30(22-28(27)2)32-14-17-36(41-25-32)43-39(47)34-24-33(44-19-7-6-8-20-44)15-16-35(34)42-38(46)31-11-9-10-29(23-31)26-49-21-18-37(45)48-40(3,4)5/h9-17,22-25H,6-8,18-21,26H2,1-5H3,(H,42,46)(H,41,43,47). The van der Waals surface area contributed by atoms with Gasteiger partial charge in [0.25, 0.3) is 11.8 Å². The zero-order chi connectivity index (χ0) is 35.0. The van der Waals surface area contributed by atoms with Gasteiger partial charge in [-0.2, -0.15) is 11.8 Å². The Hall–Kier alpha value is -4.63. The molecule has 0 bridgehead atoms. The summed E-state index contributed by atoms with van der Waals surface area (Å²) in [6.45, 7) is 11.6. The number of amides is 2. The Bertz CT molecular complexity index is 1790. The number of nitrogens with zero attached hydrogens (tertiary/aromatic N) is 2. The van der Waals surface area contributed by atoms with Gasteiger partial charge in [-0.1, -0.05) is 30.3 Å². The number of aromatic nitrogens is 1. The molecule has 0 saturated carbocycles. The molecule has 0 unspecified atom stereocenters. The van der Waals surface area contributed by atoms with Crippen molar-refractivity contribution in [1.82, 2.24) is 4.98 Å². The molecule has 4 aromatic rings. The van der Waals surface area contributed by atoms with Crippen LogP contribution in [0, 0.1) is 13.8 Å². The van der Waals surface area contributed by atoms with E-state index >= 15 is 0 Å². The van der Waals surface area contributed by atoms with Gasteiger partial charge in [0.15, 0.2) is 0 Å². The van der Waals surface area contributed by atoms with Gasteiger partial charge in [0.05, 0.1) is 17.7 Å². The maximum atomic E-state index is 13.8. The molecular formula is C40H46N4O4S. The molecule has 3 aromatic carbocycles. The summed E-state index contributed by atoms with van der Waals surface area (Å²) in [6, 6.07) is 23.1. The van der Waals surface area contributed by atoms with Crippen molar-refractivity contribution in [3.63, 3.8) is 0 Å². The van der Waals surface area contributed by atoms with Crippen LogP contribution in [0.5, 0.6) is 0 Å². The number of hydrogen-bond acceptors (Lipinski definition) is 7. The van der Waals surface area contributed by atoms with Crippen LogP contribution in [0.3, 0.4) is 0 Å². The van der Waals surface area contributed by atoms with Crippen molar-refractivity contribution in [2.24, 2.45) is 0 Å². The number of pyridine rings is 1. The second-order valence-corrected chi connectivity index (χ2v) is 14.6. The van der Waals surface area contributed by atoms with Crippen LogP contribution in [0.2, 0.25) is 0 Å². The zero-order valence-corrected chi connectivity index (χ0v) is 29.9. The minimum Gasteiger partial charge on any atom is -0.460 e. The van der Waals surface area contributed by atoms with E-state index < -0.39 is 5.60 Å². The molecule has 1 aliphatic rings. The van der Waals surface area contributed by atoms with Crippen LogP contribution in [0.25, 0.3) is 11.1 Å². The molecule has 8 nitrogen and oxygen atoms in total.